The van der Waals surface area contributed by atoms with Crippen molar-refractivity contribution in [3.63, 3.8) is 0 Å². The van der Waals surface area contributed by atoms with Crippen molar-refractivity contribution in [1.29, 1.82) is 0 Å². The Morgan fingerprint density at radius 3 is 2.33 bits per heavy atom. The highest BCUT2D eigenvalue weighted by Crippen LogP contribution is 2.41. The summed E-state index contributed by atoms with van der Waals surface area (Å²) in [5, 5.41) is 13.7. The minimum atomic E-state index is -1.14. The first-order valence-corrected chi connectivity index (χ1v) is 11.7. The molecule has 2 heterocycles. The zero-order valence-corrected chi connectivity index (χ0v) is 19.2. The zero-order valence-electron chi connectivity index (χ0n) is 19.2. The number of nitrogens with one attached hydrogen (secondary N) is 1. The van der Waals surface area contributed by atoms with Crippen LogP contribution in [0.25, 0.3) is 0 Å². The first kappa shape index (κ1) is 21.8. The summed E-state index contributed by atoms with van der Waals surface area (Å²) in [5.41, 5.74) is 3.08. The van der Waals surface area contributed by atoms with Gasteiger partial charge < -0.3 is 25.0 Å². The fourth-order valence-electron chi connectivity index (χ4n) is 4.93. The Kier molecular flexibility index (Phi) is 5.52. The monoisotopic (exact) mass is 449 g/mol. The normalized spacial score (nSPS) is 23.4. The van der Waals surface area contributed by atoms with E-state index < -0.39 is 5.60 Å². The van der Waals surface area contributed by atoms with Gasteiger partial charge in [-0.3, -0.25) is 9.59 Å². The number of aliphatic hydroxyl groups is 1. The van der Waals surface area contributed by atoms with Gasteiger partial charge in [-0.2, -0.15) is 0 Å². The number of nitrogens with zero attached hydrogens (tertiary/aromatic N) is 2. The molecule has 2 aromatic rings. The highest BCUT2D eigenvalue weighted by molar-refractivity contribution is 5.94. The van der Waals surface area contributed by atoms with Gasteiger partial charge in [-0.15, -0.1) is 0 Å². The molecule has 2 unspecified atom stereocenters. The van der Waals surface area contributed by atoms with Crippen molar-refractivity contribution < 1.29 is 19.4 Å². The lowest BCUT2D eigenvalue weighted by Gasteiger charge is -2.36. The molecule has 33 heavy (non-hydrogen) atoms. The molecule has 2 atom stereocenters. The molecule has 0 spiro atoms. The third-order valence-corrected chi connectivity index (χ3v) is 7.24. The molecule has 174 valence electrons. The maximum atomic E-state index is 13.0. The van der Waals surface area contributed by atoms with Crippen LogP contribution in [0.1, 0.15) is 59.6 Å². The Labute approximate surface area is 194 Å². The Hall–Kier alpha value is -3.06. The highest BCUT2D eigenvalue weighted by Gasteiger charge is 2.50. The van der Waals surface area contributed by atoms with E-state index in [-0.39, 0.29) is 17.9 Å². The Morgan fingerprint density at radius 2 is 1.70 bits per heavy atom. The summed E-state index contributed by atoms with van der Waals surface area (Å²) in [7, 11) is 1.69. The number of fused-ring (bicyclic) bond motifs is 1. The van der Waals surface area contributed by atoms with Crippen molar-refractivity contribution in [2.75, 3.05) is 38.6 Å². The number of carbonyl (C=O) groups excluding carboxylic acids is 2. The molecule has 7 heteroatoms. The number of carbonyl (C=O) groups is 2. The van der Waals surface area contributed by atoms with Crippen LogP contribution in [0.2, 0.25) is 0 Å². The van der Waals surface area contributed by atoms with Gasteiger partial charge in [0.2, 0.25) is 0 Å². The van der Waals surface area contributed by atoms with Crippen molar-refractivity contribution in [2.45, 2.75) is 43.7 Å². The minimum absolute atomic E-state index is 0.0128. The first-order chi connectivity index (χ1) is 15.9. The maximum Gasteiger partial charge on any atom is 0.254 e. The van der Waals surface area contributed by atoms with Crippen LogP contribution in [0.3, 0.4) is 0 Å². The van der Waals surface area contributed by atoms with Crippen LogP contribution in [0.5, 0.6) is 5.75 Å². The molecule has 7 nitrogen and oxygen atoms in total. The number of rotatable bonds is 4. The third-order valence-electron chi connectivity index (χ3n) is 7.24. The standard InChI is InChI=1S/C26H31N3O4/c1-17-15-23(27-22-8-7-20(33-2)16-21(17)22)18-3-5-19(6-4-18)24(30)28-11-13-29(14-12-28)25(31)26(32)9-10-26/h3-8,16-17,23,27,32H,9-15H2,1-2H3. The largest absolute Gasteiger partial charge is 0.497 e. The van der Waals surface area contributed by atoms with Crippen LogP contribution in [-0.4, -0.2) is 65.6 Å². The lowest BCUT2D eigenvalue weighted by Crippen LogP contribution is -2.53. The topological polar surface area (TPSA) is 82.1 Å². The smallest absolute Gasteiger partial charge is 0.254 e. The first-order valence-electron chi connectivity index (χ1n) is 11.7. The van der Waals surface area contributed by atoms with Crippen LogP contribution in [-0.2, 0) is 4.79 Å². The molecule has 2 amide bonds. The molecular formula is C26H31N3O4. The number of ether oxygens (including phenoxy) is 1. The lowest BCUT2D eigenvalue weighted by molar-refractivity contribution is -0.143. The summed E-state index contributed by atoms with van der Waals surface area (Å²) in [6.45, 7) is 4.16. The highest BCUT2D eigenvalue weighted by atomic mass is 16.5. The number of piperazine rings is 1. The molecule has 3 aliphatic rings. The van der Waals surface area contributed by atoms with E-state index in [1.54, 1.807) is 16.9 Å². The van der Waals surface area contributed by atoms with E-state index in [0.717, 1.165) is 23.4 Å². The summed E-state index contributed by atoms with van der Waals surface area (Å²) in [6.07, 6.45) is 2.06. The van der Waals surface area contributed by atoms with Crippen molar-refractivity contribution in [1.82, 2.24) is 9.80 Å². The summed E-state index contributed by atoms with van der Waals surface area (Å²) < 4.78 is 5.37. The summed E-state index contributed by atoms with van der Waals surface area (Å²) in [4.78, 5) is 28.8. The average Bonchev–Trinajstić information content (AvgIpc) is 3.61. The number of anilines is 1. The molecule has 1 saturated heterocycles. The Morgan fingerprint density at radius 1 is 1.03 bits per heavy atom. The van der Waals surface area contributed by atoms with Crippen molar-refractivity contribution in [3.05, 3.63) is 59.2 Å². The number of methoxy groups -OCH3 is 1. The minimum Gasteiger partial charge on any atom is -0.497 e. The number of hydrogen-bond donors (Lipinski definition) is 2. The summed E-state index contributed by atoms with van der Waals surface area (Å²) in [5.74, 6) is 1.07. The van der Waals surface area contributed by atoms with Gasteiger partial charge in [0.05, 0.1) is 13.2 Å². The van der Waals surface area contributed by atoms with Crippen LogP contribution < -0.4 is 10.1 Å². The van der Waals surface area contributed by atoms with Gasteiger partial charge in [0.25, 0.3) is 11.8 Å². The maximum absolute atomic E-state index is 13.0. The molecule has 0 radical (unpaired) electrons. The molecule has 5 rings (SSSR count). The number of hydrogen-bond acceptors (Lipinski definition) is 5. The van der Waals surface area contributed by atoms with E-state index in [9.17, 15) is 14.7 Å². The number of benzene rings is 2. The molecule has 1 saturated carbocycles. The van der Waals surface area contributed by atoms with Crippen LogP contribution in [0, 0.1) is 0 Å². The fourth-order valence-corrected chi connectivity index (χ4v) is 4.93. The average molecular weight is 450 g/mol. The molecular weight excluding hydrogens is 418 g/mol. The van der Waals surface area contributed by atoms with Gasteiger partial charge in [0.15, 0.2) is 0 Å². The van der Waals surface area contributed by atoms with Gasteiger partial charge >= 0.3 is 0 Å². The van der Waals surface area contributed by atoms with Gasteiger partial charge in [0.1, 0.15) is 11.4 Å². The fraction of sp³-hybridized carbons (Fsp3) is 0.462. The van der Waals surface area contributed by atoms with Crippen LogP contribution >= 0.6 is 0 Å². The zero-order chi connectivity index (χ0) is 23.2. The van der Waals surface area contributed by atoms with E-state index in [1.165, 1.54) is 5.56 Å². The van der Waals surface area contributed by atoms with E-state index in [0.29, 0.717) is 50.5 Å². The molecule has 2 aliphatic heterocycles. The summed E-state index contributed by atoms with van der Waals surface area (Å²) >= 11 is 0. The van der Waals surface area contributed by atoms with Crippen molar-refractivity contribution in [2.24, 2.45) is 0 Å². The van der Waals surface area contributed by atoms with Crippen molar-refractivity contribution in [3.8, 4) is 5.75 Å². The molecule has 2 fully saturated rings. The molecule has 0 aromatic heterocycles. The predicted octanol–water partition coefficient (Wildman–Crippen LogP) is 3.16. The third kappa shape index (κ3) is 4.17. The quantitative estimate of drug-likeness (QED) is 0.749. The Bertz CT molecular complexity index is 1060. The SMILES string of the molecule is COc1ccc2c(c1)C(C)CC(c1ccc(C(=O)N3CCN(C(=O)C4(O)CC4)CC3)cc1)N2. The van der Waals surface area contributed by atoms with E-state index in [2.05, 4.69) is 24.4 Å². The van der Waals surface area contributed by atoms with E-state index >= 15 is 0 Å². The predicted molar refractivity (Wildman–Crippen MR) is 125 cm³/mol. The van der Waals surface area contributed by atoms with Gasteiger partial charge in [0, 0.05) is 37.4 Å². The molecule has 1 aliphatic carbocycles. The van der Waals surface area contributed by atoms with E-state index in [1.807, 2.05) is 30.3 Å². The molecule has 2 N–H and O–H groups in total. The Balaban J connectivity index is 1.22. The molecule has 0 bridgehead atoms. The second-order valence-corrected chi connectivity index (χ2v) is 9.52. The van der Waals surface area contributed by atoms with Gasteiger partial charge in [-0.05, 0) is 66.6 Å². The molecule has 2 aromatic carbocycles. The second-order valence-electron chi connectivity index (χ2n) is 9.52. The number of amides is 2. The lowest BCUT2D eigenvalue weighted by atomic mass is 9.85. The van der Waals surface area contributed by atoms with Gasteiger partial charge in [-0.25, -0.2) is 0 Å². The second kappa shape index (κ2) is 8.37. The van der Waals surface area contributed by atoms with Gasteiger partial charge in [-0.1, -0.05) is 19.1 Å². The van der Waals surface area contributed by atoms with E-state index in [4.69, 9.17) is 4.74 Å². The van der Waals surface area contributed by atoms with Crippen LogP contribution in [0.4, 0.5) is 5.69 Å². The van der Waals surface area contributed by atoms with Crippen LogP contribution in [0.15, 0.2) is 42.5 Å². The van der Waals surface area contributed by atoms with Crippen molar-refractivity contribution >= 4 is 17.5 Å². The summed E-state index contributed by atoms with van der Waals surface area (Å²) in [6, 6.07) is 14.2.